The second kappa shape index (κ2) is 7.73. The predicted octanol–water partition coefficient (Wildman–Crippen LogP) is 2.54. The van der Waals surface area contributed by atoms with Crippen molar-refractivity contribution in [1.29, 1.82) is 0 Å². The van der Waals surface area contributed by atoms with Crippen LogP contribution in [0.3, 0.4) is 0 Å². The normalized spacial score (nSPS) is 15.8. The third kappa shape index (κ3) is 3.98. The molecular weight excluding hydrogens is 304 g/mol. The van der Waals surface area contributed by atoms with Crippen LogP contribution < -0.4 is 20.1 Å². The number of rotatable bonds is 5. The molecule has 0 saturated heterocycles. The van der Waals surface area contributed by atoms with Gasteiger partial charge in [-0.15, -0.1) is 0 Å². The number of methoxy groups -OCH3 is 1. The highest BCUT2D eigenvalue weighted by atomic mass is 16.5. The molecular formula is C19H22N2O3. The number of carbonyl (C=O) groups excluding carboxylic acids is 1. The molecule has 2 amide bonds. The minimum absolute atomic E-state index is 0.00818. The van der Waals surface area contributed by atoms with Crippen LogP contribution in [0.2, 0.25) is 0 Å². The molecule has 24 heavy (non-hydrogen) atoms. The quantitative estimate of drug-likeness (QED) is 0.888. The molecule has 5 heteroatoms. The Labute approximate surface area is 142 Å². The van der Waals surface area contributed by atoms with Gasteiger partial charge in [-0.1, -0.05) is 36.4 Å². The van der Waals surface area contributed by atoms with Gasteiger partial charge in [0, 0.05) is 6.54 Å². The van der Waals surface area contributed by atoms with Crippen molar-refractivity contribution in [2.45, 2.75) is 18.9 Å². The molecule has 0 aliphatic carbocycles. The Kier molecular flexibility index (Phi) is 5.21. The SMILES string of the molecule is COc1ccccc1CCNC(=O)NC1COc2ccccc2C1. The number of urea groups is 1. The summed E-state index contributed by atoms with van der Waals surface area (Å²) in [5.74, 6) is 1.75. The molecule has 0 aromatic heterocycles. The van der Waals surface area contributed by atoms with Crippen LogP contribution in [-0.2, 0) is 12.8 Å². The molecule has 1 unspecified atom stereocenters. The summed E-state index contributed by atoms with van der Waals surface area (Å²) in [6.45, 7) is 1.05. The zero-order chi connectivity index (χ0) is 16.8. The number of fused-ring (bicyclic) bond motifs is 1. The number of para-hydroxylation sites is 2. The molecule has 1 atom stereocenters. The molecule has 126 valence electrons. The fraction of sp³-hybridized carbons (Fsp3) is 0.316. The zero-order valence-electron chi connectivity index (χ0n) is 13.7. The molecule has 0 radical (unpaired) electrons. The van der Waals surface area contributed by atoms with Crippen LogP contribution in [0.4, 0.5) is 4.79 Å². The second-order valence-corrected chi connectivity index (χ2v) is 5.78. The van der Waals surface area contributed by atoms with Crippen molar-refractivity contribution in [3.63, 3.8) is 0 Å². The van der Waals surface area contributed by atoms with Gasteiger partial charge in [0.25, 0.3) is 0 Å². The van der Waals surface area contributed by atoms with Crippen molar-refractivity contribution < 1.29 is 14.3 Å². The molecule has 0 bridgehead atoms. The van der Waals surface area contributed by atoms with Crippen LogP contribution in [0.1, 0.15) is 11.1 Å². The molecule has 3 rings (SSSR count). The number of amides is 2. The van der Waals surface area contributed by atoms with E-state index in [9.17, 15) is 4.79 Å². The molecule has 2 aromatic carbocycles. The Bertz CT molecular complexity index is 703. The fourth-order valence-corrected chi connectivity index (χ4v) is 2.88. The minimum Gasteiger partial charge on any atom is -0.496 e. The highest BCUT2D eigenvalue weighted by Crippen LogP contribution is 2.23. The smallest absolute Gasteiger partial charge is 0.315 e. The van der Waals surface area contributed by atoms with Crippen LogP contribution in [0.25, 0.3) is 0 Å². The first-order valence-corrected chi connectivity index (χ1v) is 8.13. The Morgan fingerprint density at radius 1 is 1.21 bits per heavy atom. The van der Waals surface area contributed by atoms with Crippen LogP contribution in [0.15, 0.2) is 48.5 Å². The average Bonchev–Trinajstić information content (AvgIpc) is 2.62. The lowest BCUT2D eigenvalue weighted by Gasteiger charge is -2.26. The van der Waals surface area contributed by atoms with Gasteiger partial charge in [0.2, 0.25) is 0 Å². The van der Waals surface area contributed by atoms with E-state index >= 15 is 0 Å². The zero-order valence-corrected chi connectivity index (χ0v) is 13.7. The van der Waals surface area contributed by atoms with Crippen LogP contribution >= 0.6 is 0 Å². The van der Waals surface area contributed by atoms with Gasteiger partial charge >= 0.3 is 6.03 Å². The molecule has 0 spiro atoms. The van der Waals surface area contributed by atoms with E-state index in [0.29, 0.717) is 13.2 Å². The van der Waals surface area contributed by atoms with E-state index in [0.717, 1.165) is 35.5 Å². The molecule has 0 fully saturated rings. The molecule has 0 saturated carbocycles. The first kappa shape index (κ1) is 16.2. The average molecular weight is 326 g/mol. The maximum atomic E-state index is 12.1. The lowest BCUT2D eigenvalue weighted by Crippen LogP contribution is -2.47. The second-order valence-electron chi connectivity index (χ2n) is 5.78. The monoisotopic (exact) mass is 326 g/mol. The lowest BCUT2D eigenvalue weighted by molar-refractivity contribution is 0.214. The van der Waals surface area contributed by atoms with Gasteiger partial charge in [-0.05, 0) is 36.1 Å². The number of carbonyl (C=O) groups is 1. The van der Waals surface area contributed by atoms with E-state index in [4.69, 9.17) is 9.47 Å². The molecule has 5 nitrogen and oxygen atoms in total. The third-order valence-corrected chi connectivity index (χ3v) is 4.09. The largest absolute Gasteiger partial charge is 0.496 e. The highest BCUT2D eigenvalue weighted by molar-refractivity contribution is 5.74. The summed E-state index contributed by atoms with van der Waals surface area (Å²) in [6, 6.07) is 15.6. The van der Waals surface area contributed by atoms with Crippen LogP contribution in [0, 0.1) is 0 Å². The van der Waals surface area contributed by atoms with E-state index in [2.05, 4.69) is 10.6 Å². The van der Waals surface area contributed by atoms with Gasteiger partial charge in [-0.2, -0.15) is 0 Å². The van der Waals surface area contributed by atoms with E-state index in [-0.39, 0.29) is 12.1 Å². The molecule has 2 N–H and O–H groups in total. The number of hydrogen-bond acceptors (Lipinski definition) is 3. The maximum Gasteiger partial charge on any atom is 0.315 e. The van der Waals surface area contributed by atoms with Gasteiger partial charge in [-0.25, -0.2) is 4.79 Å². The number of ether oxygens (including phenoxy) is 2. The van der Waals surface area contributed by atoms with Crippen molar-refractivity contribution in [1.82, 2.24) is 10.6 Å². The summed E-state index contributed by atoms with van der Waals surface area (Å²) in [5.41, 5.74) is 2.21. The van der Waals surface area contributed by atoms with Gasteiger partial charge in [0.05, 0.1) is 13.2 Å². The first-order chi connectivity index (χ1) is 11.8. The summed E-state index contributed by atoms with van der Waals surface area (Å²) < 4.78 is 11.0. The van der Waals surface area contributed by atoms with Crippen LogP contribution in [-0.4, -0.2) is 32.3 Å². The fourth-order valence-electron chi connectivity index (χ4n) is 2.88. The minimum atomic E-state index is -0.169. The number of nitrogens with one attached hydrogen (secondary N) is 2. The molecule has 1 aliphatic rings. The van der Waals surface area contributed by atoms with Crippen molar-refractivity contribution in [2.75, 3.05) is 20.3 Å². The first-order valence-electron chi connectivity index (χ1n) is 8.13. The van der Waals surface area contributed by atoms with Crippen molar-refractivity contribution in [2.24, 2.45) is 0 Å². The topological polar surface area (TPSA) is 59.6 Å². The predicted molar refractivity (Wildman–Crippen MR) is 92.7 cm³/mol. The Morgan fingerprint density at radius 3 is 2.88 bits per heavy atom. The lowest BCUT2D eigenvalue weighted by atomic mass is 10.0. The van der Waals surface area contributed by atoms with E-state index in [1.165, 1.54) is 0 Å². The van der Waals surface area contributed by atoms with Gasteiger partial charge in [0.15, 0.2) is 0 Å². The third-order valence-electron chi connectivity index (χ3n) is 4.09. The van der Waals surface area contributed by atoms with Crippen molar-refractivity contribution >= 4 is 6.03 Å². The summed E-state index contributed by atoms with van der Waals surface area (Å²) in [6.07, 6.45) is 1.51. The van der Waals surface area contributed by atoms with E-state index < -0.39 is 0 Å². The Balaban J connectivity index is 1.45. The number of benzene rings is 2. The summed E-state index contributed by atoms with van der Waals surface area (Å²) in [4.78, 5) is 12.1. The van der Waals surface area contributed by atoms with Crippen LogP contribution in [0.5, 0.6) is 11.5 Å². The van der Waals surface area contributed by atoms with Crippen molar-refractivity contribution in [3.05, 3.63) is 59.7 Å². The summed E-state index contributed by atoms with van der Waals surface area (Å²) in [5, 5.41) is 5.86. The van der Waals surface area contributed by atoms with Gasteiger partial charge < -0.3 is 20.1 Å². The number of hydrogen-bond donors (Lipinski definition) is 2. The van der Waals surface area contributed by atoms with E-state index in [1.807, 2.05) is 48.5 Å². The Hall–Kier alpha value is -2.69. The highest BCUT2D eigenvalue weighted by Gasteiger charge is 2.20. The van der Waals surface area contributed by atoms with Gasteiger partial charge in [0.1, 0.15) is 18.1 Å². The van der Waals surface area contributed by atoms with Crippen molar-refractivity contribution in [3.8, 4) is 11.5 Å². The standard InChI is InChI=1S/C19H22N2O3/c1-23-17-8-4-2-6-14(17)10-11-20-19(22)21-16-12-15-7-3-5-9-18(15)24-13-16/h2-9,16H,10-13H2,1H3,(H2,20,21,22). The maximum absolute atomic E-state index is 12.1. The van der Waals surface area contributed by atoms with E-state index in [1.54, 1.807) is 7.11 Å². The molecule has 2 aromatic rings. The summed E-state index contributed by atoms with van der Waals surface area (Å²) >= 11 is 0. The molecule has 1 heterocycles. The van der Waals surface area contributed by atoms with Gasteiger partial charge in [-0.3, -0.25) is 0 Å². The molecule has 1 aliphatic heterocycles. The Morgan fingerprint density at radius 2 is 2.00 bits per heavy atom. The summed E-state index contributed by atoms with van der Waals surface area (Å²) in [7, 11) is 1.65.